The summed E-state index contributed by atoms with van der Waals surface area (Å²) in [5.74, 6) is -0.566. The predicted molar refractivity (Wildman–Crippen MR) is 96.0 cm³/mol. The zero-order valence-electron chi connectivity index (χ0n) is 14.3. The van der Waals surface area contributed by atoms with Gasteiger partial charge < -0.3 is 16.0 Å². The van der Waals surface area contributed by atoms with Crippen molar-refractivity contribution < 1.29 is 9.59 Å². The summed E-state index contributed by atoms with van der Waals surface area (Å²) in [6.07, 6.45) is 5.25. The standard InChI is InChI=1S/C16H19N7O2S/c1-21-12-3-5-22(9-11(12)13(20-21)14(17)24)15(25)18-4-2-10-8-23-6-7-26-16(23)19-10/h6-8H,2-5,9H2,1H3,(H2,17,24)(H,18,25). The molecule has 0 atom stereocenters. The van der Waals surface area contributed by atoms with Gasteiger partial charge in [-0.2, -0.15) is 5.10 Å². The van der Waals surface area contributed by atoms with Crippen molar-refractivity contribution in [3.8, 4) is 0 Å². The number of carbonyl (C=O) groups is 2. The van der Waals surface area contributed by atoms with Crippen LogP contribution in [-0.2, 0) is 26.4 Å². The number of carbonyl (C=O) groups excluding carboxylic acids is 2. The first-order valence-corrected chi connectivity index (χ1v) is 9.19. The molecular formula is C16H19N7O2S. The molecule has 0 radical (unpaired) electrons. The van der Waals surface area contributed by atoms with Crippen molar-refractivity contribution in [2.75, 3.05) is 13.1 Å². The van der Waals surface area contributed by atoms with Gasteiger partial charge in [0.05, 0.1) is 12.2 Å². The Balaban J connectivity index is 1.37. The second kappa shape index (κ2) is 6.45. The van der Waals surface area contributed by atoms with Crippen LogP contribution in [0.3, 0.4) is 0 Å². The first-order chi connectivity index (χ1) is 12.5. The minimum atomic E-state index is -0.566. The van der Waals surface area contributed by atoms with Crippen molar-refractivity contribution in [2.45, 2.75) is 19.4 Å². The summed E-state index contributed by atoms with van der Waals surface area (Å²) in [6, 6.07) is -0.157. The maximum Gasteiger partial charge on any atom is 0.317 e. The van der Waals surface area contributed by atoms with Crippen LogP contribution in [0.1, 0.15) is 27.4 Å². The highest BCUT2D eigenvalue weighted by molar-refractivity contribution is 7.15. The van der Waals surface area contributed by atoms with E-state index in [1.165, 1.54) is 0 Å². The number of thiazole rings is 1. The number of imidazole rings is 1. The van der Waals surface area contributed by atoms with Crippen LogP contribution < -0.4 is 11.1 Å². The van der Waals surface area contributed by atoms with Crippen molar-refractivity contribution in [3.05, 3.63) is 40.4 Å². The second-order valence-corrected chi connectivity index (χ2v) is 7.11. The fraction of sp³-hybridized carbons (Fsp3) is 0.375. The van der Waals surface area contributed by atoms with E-state index in [4.69, 9.17) is 5.73 Å². The molecule has 0 spiro atoms. The maximum atomic E-state index is 12.5. The summed E-state index contributed by atoms with van der Waals surface area (Å²) in [7, 11) is 1.79. The van der Waals surface area contributed by atoms with Crippen LogP contribution in [0.2, 0.25) is 0 Å². The molecular weight excluding hydrogens is 354 g/mol. The van der Waals surface area contributed by atoms with Crippen molar-refractivity contribution in [1.29, 1.82) is 0 Å². The molecule has 10 heteroatoms. The van der Waals surface area contributed by atoms with Gasteiger partial charge in [-0.25, -0.2) is 9.78 Å². The molecule has 3 amide bonds. The number of hydrogen-bond acceptors (Lipinski definition) is 5. The van der Waals surface area contributed by atoms with Crippen LogP contribution in [0.5, 0.6) is 0 Å². The van der Waals surface area contributed by atoms with E-state index in [-0.39, 0.29) is 11.7 Å². The van der Waals surface area contributed by atoms with Crippen molar-refractivity contribution in [3.63, 3.8) is 0 Å². The number of amides is 3. The van der Waals surface area contributed by atoms with Crippen LogP contribution in [-0.4, -0.2) is 49.1 Å². The monoisotopic (exact) mass is 373 g/mol. The average molecular weight is 373 g/mol. The van der Waals surface area contributed by atoms with Gasteiger partial charge in [0.2, 0.25) is 0 Å². The molecule has 0 saturated carbocycles. The number of nitrogens with one attached hydrogen (secondary N) is 1. The van der Waals surface area contributed by atoms with E-state index >= 15 is 0 Å². The minimum absolute atomic E-state index is 0.157. The Morgan fingerprint density at radius 3 is 3.04 bits per heavy atom. The third-order valence-electron chi connectivity index (χ3n) is 4.56. The number of nitrogens with zero attached hydrogens (tertiary/aromatic N) is 5. The smallest absolute Gasteiger partial charge is 0.317 e. The van der Waals surface area contributed by atoms with Gasteiger partial charge in [-0.15, -0.1) is 11.3 Å². The number of nitrogens with two attached hydrogens (primary N) is 1. The predicted octanol–water partition coefficient (Wildman–Crippen LogP) is 0.539. The van der Waals surface area contributed by atoms with Gasteiger partial charge >= 0.3 is 6.03 Å². The van der Waals surface area contributed by atoms with Crippen LogP contribution in [0.15, 0.2) is 17.8 Å². The number of aromatic nitrogens is 4. The summed E-state index contributed by atoms with van der Waals surface area (Å²) in [5.41, 5.74) is 8.30. The highest BCUT2D eigenvalue weighted by Crippen LogP contribution is 2.22. The molecule has 0 aromatic carbocycles. The lowest BCUT2D eigenvalue weighted by Crippen LogP contribution is -2.43. The van der Waals surface area contributed by atoms with Crippen molar-refractivity contribution in [1.82, 2.24) is 29.4 Å². The summed E-state index contributed by atoms with van der Waals surface area (Å²) in [6.45, 7) is 1.42. The molecule has 1 aliphatic heterocycles. The van der Waals surface area contributed by atoms with Crippen molar-refractivity contribution in [2.24, 2.45) is 12.8 Å². The molecule has 9 nitrogen and oxygen atoms in total. The SMILES string of the molecule is Cn1nc(C(N)=O)c2c1CCN(C(=O)NCCc1cn3ccsc3n1)C2. The summed E-state index contributed by atoms with van der Waals surface area (Å²) < 4.78 is 3.65. The van der Waals surface area contributed by atoms with E-state index < -0.39 is 5.91 Å². The van der Waals surface area contributed by atoms with Crippen LogP contribution in [0, 0.1) is 0 Å². The van der Waals surface area contributed by atoms with Gasteiger partial charge in [-0.1, -0.05) is 0 Å². The topological polar surface area (TPSA) is 111 Å². The first kappa shape index (κ1) is 16.6. The molecule has 0 bridgehead atoms. The number of primary amides is 1. The molecule has 3 aromatic rings. The lowest BCUT2D eigenvalue weighted by molar-refractivity contribution is 0.0992. The third-order valence-corrected chi connectivity index (χ3v) is 5.33. The fourth-order valence-electron chi connectivity index (χ4n) is 3.27. The Kier molecular flexibility index (Phi) is 4.11. The Morgan fingerprint density at radius 2 is 2.27 bits per heavy atom. The van der Waals surface area contributed by atoms with Gasteiger partial charge in [0.1, 0.15) is 0 Å². The summed E-state index contributed by atoms with van der Waals surface area (Å²) in [5, 5.41) is 9.08. The number of hydrogen-bond donors (Lipinski definition) is 2. The zero-order valence-corrected chi connectivity index (χ0v) is 15.1. The molecule has 4 rings (SSSR count). The molecule has 0 saturated heterocycles. The largest absolute Gasteiger partial charge is 0.364 e. The van der Waals surface area contributed by atoms with Gasteiger partial charge in [0, 0.05) is 62.0 Å². The highest BCUT2D eigenvalue weighted by atomic mass is 32.1. The second-order valence-electron chi connectivity index (χ2n) is 6.24. The normalized spacial score (nSPS) is 13.8. The van der Waals surface area contributed by atoms with Crippen LogP contribution in [0.25, 0.3) is 4.96 Å². The summed E-state index contributed by atoms with van der Waals surface area (Å²) in [4.78, 5) is 31.2. The van der Waals surface area contributed by atoms with E-state index in [2.05, 4.69) is 15.4 Å². The highest BCUT2D eigenvalue weighted by Gasteiger charge is 2.28. The number of urea groups is 1. The van der Waals surface area contributed by atoms with Crippen LogP contribution in [0.4, 0.5) is 4.79 Å². The molecule has 136 valence electrons. The molecule has 4 heterocycles. The molecule has 0 unspecified atom stereocenters. The minimum Gasteiger partial charge on any atom is -0.364 e. The Bertz CT molecular complexity index is 958. The lowest BCUT2D eigenvalue weighted by Gasteiger charge is -2.27. The van der Waals surface area contributed by atoms with Crippen LogP contribution >= 0.6 is 11.3 Å². The van der Waals surface area contributed by atoms with E-state index in [0.717, 1.165) is 21.9 Å². The maximum absolute atomic E-state index is 12.5. The number of fused-ring (bicyclic) bond motifs is 2. The molecule has 1 aliphatic rings. The van der Waals surface area contributed by atoms with Gasteiger partial charge in [0.25, 0.3) is 5.91 Å². The van der Waals surface area contributed by atoms with E-state index in [0.29, 0.717) is 32.5 Å². The Hall–Kier alpha value is -2.88. The Labute approximate surface area is 153 Å². The van der Waals surface area contributed by atoms with Gasteiger partial charge in [-0.05, 0) is 0 Å². The fourth-order valence-corrected chi connectivity index (χ4v) is 3.99. The number of rotatable bonds is 4. The molecule has 0 fully saturated rings. The molecule has 26 heavy (non-hydrogen) atoms. The number of aryl methyl sites for hydroxylation is 1. The van der Waals surface area contributed by atoms with Crippen molar-refractivity contribution >= 4 is 28.2 Å². The molecule has 3 aromatic heterocycles. The molecule has 0 aliphatic carbocycles. The lowest BCUT2D eigenvalue weighted by atomic mass is 10.1. The average Bonchev–Trinajstić information content (AvgIpc) is 3.28. The van der Waals surface area contributed by atoms with E-state index in [1.54, 1.807) is 28.0 Å². The zero-order chi connectivity index (χ0) is 18.3. The Morgan fingerprint density at radius 1 is 1.42 bits per heavy atom. The van der Waals surface area contributed by atoms with E-state index in [9.17, 15) is 9.59 Å². The summed E-state index contributed by atoms with van der Waals surface area (Å²) >= 11 is 1.58. The quantitative estimate of drug-likeness (QED) is 0.695. The first-order valence-electron chi connectivity index (χ1n) is 8.31. The molecule has 3 N–H and O–H groups in total. The van der Waals surface area contributed by atoms with E-state index in [1.807, 2.05) is 22.2 Å². The van der Waals surface area contributed by atoms with Gasteiger partial charge in [0.15, 0.2) is 10.7 Å². The van der Waals surface area contributed by atoms with Gasteiger partial charge in [-0.3, -0.25) is 13.9 Å². The third kappa shape index (κ3) is 2.92.